The van der Waals surface area contributed by atoms with Gasteiger partial charge in [-0.2, -0.15) is 0 Å². The zero-order valence-corrected chi connectivity index (χ0v) is 18.8. The molecule has 9 heteroatoms. The topological polar surface area (TPSA) is 75.3 Å². The Balaban J connectivity index is 0.00000312. The van der Waals surface area contributed by atoms with Crippen molar-refractivity contribution in [2.45, 2.75) is 44.0 Å². The van der Waals surface area contributed by atoms with Crippen LogP contribution in [0.4, 0.5) is 0 Å². The first-order chi connectivity index (χ1) is 11.8. The normalized spacial score (nSPS) is 11.2. The number of guanidine groups is 1. The standard InChI is InChI=1S/C16H25N5OS2.HI/c1-4-13-12(14(5-2)22-21-13)11-20-15(17-3)18-7-6-9-23-16-19-8-10-24-16;/h8,10H,4-7,9,11H2,1-3H3,(H2,17,18,20);1H. The van der Waals surface area contributed by atoms with E-state index in [9.17, 15) is 0 Å². The van der Waals surface area contributed by atoms with Gasteiger partial charge in [-0.3, -0.25) is 4.99 Å². The van der Waals surface area contributed by atoms with Gasteiger partial charge in [0.25, 0.3) is 0 Å². The zero-order chi connectivity index (χ0) is 17.2. The van der Waals surface area contributed by atoms with Gasteiger partial charge in [0.15, 0.2) is 5.96 Å². The van der Waals surface area contributed by atoms with E-state index in [4.69, 9.17) is 4.52 Å². The summed E-state index contributed by atoms with van der Waals surface area (Å²) in [6.45, 7) is 5.73. The summed E-state index contributed by atoms with van der Waals surface area (Å²) in [7, 11) is 1.79. The van der Waals surface area contributed by atoms with Crippen molar-refractivity contribution in [2.75, 3.05) is 19.3 Å². The minimum Gasteiger partial charge on any atom is -0.361 e. The second-order valence-electron chi connectivity index (χ2n) is 5.09. The molecule has 2 N–H and O–H groups in total. The Bertz CT molecular complexity index is 609. The van der Waals surface area contributed by atoms with Crippen LogP contribution in [0.5, 0.6) is 0 Å². The number of hydrogen-bond acceptors (Lipinski definition) is 6. The molecule has 2 aromatic heterocycles. The largest absolute Gasteiger partial charge is 0.361 e. The zero-order valence-electron chi connectivity index (χ0n) is 14.9. The summed E-state index contributed by atoms with van der Waals surface area (Å²) in [5, 5.41) is 12.8. The van der Waals surface area contributed by atoms with Crippen LogP contribution < -0.4 is 10.6 Å². The van der Waals surface area contributed by atoms with Crippen LogP contribution in [0.2, 0.25) is 0 Å². The van der Waals surface area contributed by atoms with E-state index in [1.165, 1.54) is 0 Å². The lowest BCUT2D eigenvalue weighted by atomic mass is 10.1. The number of thioether (sulfide) groups is 1. The molecule has 0 radical (unpaired) electrons. The number of hydrogen-bond donors (Lipinski definition) is 2. The molecule has 2 heterocycles. The molecule has 0 aromatic carbocycles. The Morgan fingerprint density at radius 2 is 2.16 bits per heavy atom. The van der Waals surface area contributed by atoms with E-state index >= 15 is 0 Å². The van der Waals surface area contributed by atoms with Crippen molar-refractivity contribution in [3.05, 3.63) is 28.6 Å². The predicted octanol–water partition coefficient (Wildman–Crippen LogP) is 3.72. The van der Waals surface area contributed by atoms with Crippen LogP contribution >= 0.6 is 47.1 Å². The molecular weight excluding hydrogens is 469 g/mol. The van der Waals surface area contributed by atoms with Crippen LogP contribution in [0.15, 0.2) is 25.4 Å². The molecule has 2 aromatic rings. The van der Waals surface area contributed by atoms with E-state index in [0.717, 1.165) is 58.9 Å². The number of aromatic nitrogens is 2. The van der Waals surface area contributed by atoms with Crippen LogP contribution in [0, 0.1) is 0 Å². The van der Waals surface area contributed by atoms with Gasteiger partial charge in [0.05, 0.1) is 5.69 Å². The first-order valence-corrected chi connectivity index (χ1v) is 10.1. The Labute approximate surface area is 174 Å². The fourth-order valence-electron chi connectivity index (χ4n) is 2.25. The molecule has 0 aliphatic rings. The highest BCUT2D eigenvalue weighted by atomic mass is 127. The summed E-state index contributed by atoms with van der Waals surface area (Å²) < 4.78 is 6.52. The molecule has 0 fully saturated rings. The number of aliphatic imine (C=N–C) groups is 1. The van der Waals surface area contributed by atoms with Crippen LogP contribution in [0.25, 0.3) is 0 Å². The number of halogens is 1. The third-order valence-electron chi connectivity index (χ3n) is 3.51. The lowest BCUT2D eigenvalue weighted by Gasteiger charge is -2.12. The van der Waals surface area contributed by atoms with Crippen molar-refractivity contribution in [3.63, 3.8) is 0 Å². The first-order valence-electron chi connectivity index (χ1n) is 8.21. The molecular formula is C16H26IN5OS2. The van der Waals surface area contributed by atoms with Crippen LogP contribution in [0.3, 0.4) is 0 Å². The number of thiazole rings is 1. The Morgan fingerprint density at radius 1 is 1.32 bits per heavy atom. The van der Waals surface area contributed by atoms with Crippen molar-refractivity contribution in [2.24, 2.45) is 4.99 Å². The van der Waals surface area contributed by atoms with Gasteiger partial charge in [-0.25, -0.2) is 4.98 Å². The Hall–Kier alpha value is -0.810. The minimum absolute atomic E-state index is 0. The van der Waals surface area contributed by atoms with Crippen molar-refractivity contribution < 1.29 is 4.52 Å². The van der Waals surface area contributed by atoms with Gasteiger partial charge in [0, 0.05) is 49.5 Å². The number of nitrogens with zero attached hydrogens (tertiary/aromatic N) is 3. The maximum absolute atomic E-state index is 5.39. The van der Waals surface area contributed by atoms with Crippen molar-refractivity contribution >= 4 is 53.0 Å². The summed E-state index contributed by atoms with van der Waals surface area (Å²) in [5.41, 5.74) is 2.18. The SMILES string of the molecule is CCc1noc(CC)c1CNC(=NC)NCCCSc1nccs1.I. The molecule has 25 heavy (non-hydrogen) atoms. The monoisotopic (exact) mass is 495 g/mol. The molecule has 0 amide bonds. The van der Waals surface area contributed by atoms with E-state index in [1.54, 1.807) is 30.1 Å². The number of aryl methyl sites for hydroxylation is 2. The highest BCUT2D eigenvalue weighted by molar-refractivity contribution is 14.0. The van der Waals surface area contributed by atoms with Crippen molar-refractivity contribution in [1.29, 1.82) is 0 Å². The molecule has 0 unspecified atom stereocenters. The average Bonchev–Trinajstić information content (AvgIpc) is 3.26. The summed E-state index contributed by atoms with van der Waals surface area (Å²) in [6, 6.07) is 0. The highest BCUT2D eigenvalue weighted by Gasteiger charge is 2.13. The van der Waals surface area contributed by atoms with Gasteiger partial charge >= 0.3 is 0 Å². The lowest BCUT2D eigenvalue weighted by molar-refractivity contribution is 0.380. The first kappa shape index (κ1) is 22.2. The summed E-state index contributed by atoms with van der Waals surface area (Å²) in [5.74, 6) is 2.80. The summed E-state index contributed by atoms with van der Waals surface area (Å²) >= 11 is 3.48. The lowest BCUT2D eigenvalue weighted by Crippen LogP contribution is -2.37. The predicted molar refractivity (Wildman–Crippen MR) is 116 cm³/mol. The minimum atomic E-state index is 0. The molecule has 140 valence electrons. The maximum Gasteiger partial charge on any atom is 0.191 e. The maximum atomic E-state index is 5.39. The summed E-state index contributed by atoms with van der Waals surface area (Å²) in [6.07, 6.45) is 4.63. The molecule has 0 saturated carbocycles. The fraction of sp³-hybridized carbons (Fsp3) is 0.562. The molecule has 6 nitrogen and oxygen atoms in total. The van der Waals surface area contributed by atoms with Crippen LogP contribution in [-0.2, 0) is 19.4 Å². The second kappa shape index (κ2) is 12.5. The Morgan fingerprint density at radius 3 is 2.80 bits per heavy atom. The molecule has 0 aliphatic carbocycles. The third kappa shape index (κ3) is 7.14. The van der Waals surface area contributed by atoms with Gasteiger partial charge in [-0.15, -0.1) is 35.3 Å². The Kier molecular flexibility index (Phi) is 11.1. The van der Waals surface area contributed by atoms with E-state index in [2.05, 4.69) is 39.6 Å². The number of nitrogens with one attached hydrogen (secondary N) is 2. The van der Waals surface area contributed by atoms with Crippen LogP contribution in [0.1, 0.15) is 37.3 Å². The van der Waals surface area contributed by atoms with E-state index in [0.29, 0.717) is 6.54 Å². The van der Waals surface area contributed by atoms with Gasteiger partial charge < -0.3 is 15.2 Å². The number of rotatable bonds is 9. The van der Waals surface area contributed by atoms with Gasteiger partial charge in [-0.05, 0) is 12.8 Å². The molecule has 0 spiro atoms. The average molecular weight is 495 g/mol. The quantitative estimate of drug-likeness (QED) is 0.182. The van der Waals surface area contributed by atoms with E-state index < -0.39 is 0 Å². The van der Waals surface area contributed by atoms with Crippen molar-refractivity contribution in [3.8, 4) is 0 Å². The third-order valence-corrected chi connectivity index (χ3v) is 5.56. The van der Waals surface area contributed by atoms with Gasteiger partial charge in [-0.1, -0.05) is 30.8 Å². The molecule has 2 rings (SSSR count). The van der Waals surface area contributed by atoms with Crippen molar-refractivity contribution in [1.82, 2.24) is 20.8 Å². The molecule has 0 bridgehead atoms. The second-order valence-corrected chi connectivity index (χ2v) is 7.33. The molecule has 0 aliphatic heterocycles. The van der Waals surface area contributed by atoms with Crippen LogP contribution in [-0.4, -0.2) is 35.4 Å². The highest BCUT2D eigenvalue weighted by Crippen LogP contribution is 2.20. The molecule has 0 saturated heterocycles. The van der Waals surface area contributed by atoms with Gasteiger partial charge in [0.2, 0.25) is 0 Å². The summed E-state index contributed by atoms with van der Waals surface area (Å²) in [4.78, 5) is 8.54. The smallest absolute Gasteiger partial charge is 0.191 e. The van der Waals surface area contributed by atoms with E-state index in [-0.39, 0.29) is 24.0 Å². The van der Waals surface area contributed by atoms with E-state index in [1.807, 2.05) is 11.6 Å². The van der Waals surface area contributed by atoms with Gasteiger partial charge in [0.1, 0.15) is 10.1 Å². The fourth-order valence-corrected chi connectivity index (χ4v) is 3.90. The molecule has 0 atom stereocenters.